The number of nitrogens with one attached hydrogen (secondary N) is 1. The van der Waals surface area contributed by atoms with Gasteiger partial charge in [-0.3, -0.25) is 9.59 Å². The smallest absolute Gasteiger partial charge is 0.220 e. The van der Waals surface area contributed by atoms with Crippen LogP contribution in [0.4, 0.5) is 0 Å². The second kappa shape index (κ2) is 11.6. The molecule has 1 amide bonds. The average molecular weight is 358 g/mol. The van der Waals surface area contributed by atoms with E-state index in [0.29, 0.717) is 38.5 Å². The zero-order chi connectivity index (χ0) is 19.5. The number of carbonyl (C=O) groups is 2. The molecule has 0 aromatic heterocycles. The van der Waals surface area contributed by atoms with Gasteiger partial charge in [-0.15, -0.1) is 0 Å². The van der Waals surface area contributed by atoms with Gasteiger partial charge in [-0.1, -0.05) is 13.8 Å². The molecule has 5 nitrogen and oxygen atoms in total. The van der Waals surface area contributed by atoms with Crippen LogP contribution in [0.3, 0.4) is 0 Å². The normalized spacial score (nSPS) is 12.5. The Bertz CT molecular complexity index is 403. The molecule has 0 aliphatic heterocycles. The van der Waals surface area contributed by atoms with Crippen molar-refractivity contribution in [2.24, 2.45) is 5.92 Å². The van der Waals surface area contributed by atoms with Gasteiger partial charge in [0.1, 0.15) is 5.78 Å². The fraction of sp³-hybridized carbons (Fsp3) is 0.900. The predicted molar refractivity (Wildman–Crippen MR) is 102 cm³/mol. The summed E-state index contributed by atoms with van der Waals surface area (Å²) in [5, 5.41) is 2.96. The molecule has 5 heteroatoms. The maximum Gasteiger partial charge on any atom is 0.220 e. The molecule has 0 bridgehead atoms. The van der Waals surface area contributed by atoms with Crippen molar-refractivity contribution in [2.45, 2.75) is 91.8 Å². The van der Waals surface area contributed by atoms with Gasteiger partial charge >= 0.3 is 0 Å². The SMILES string of the molecule is CC(=O)CCOC(C)(C)CCOC(C)(C)CCNC(=O)CCC(C)C. The Morgan fingerprint density at radius 1 is 0.920 bits per heavy atom. The van der Waals surface area contributed by atoms with Gasteiger partial charge in [-0.05, 0) is 59.8 Å². The fourth-order valence-electron chi connectivity index (χ4n) is 2.20. The van der Waals surface area contributed by atoms with Gasteiger partial charge in [-0.2, -0.15) is 0 Å². The van der Waals surface area contributed by atoms with Gasteiger partial charge in [-0.25, -0.2) is 0 Å². The predicted octanol–water partition coefficient (Wildman–Crippen LogP) is 3.89. The Morgan fingerprint density at radius 3 is 2.04 bits per heavy atom. The molecule has 0 unspecified atom stereocenters. The Kier molecular flexibility index (Phi) is 11.2. The van der Waals surface area contributed by atoms with Crippen LogP contribution in [0.5, 0.6) is 0 Å². The quantitative estimate of drug-likeness (QED) is 0.512. The highest BCUT2D eigenvalue weighted by molar-refractivity contribution is 5.75. The van der Waals surface area contributed by atoms with Crippen molar-refractivity contribution in [3.63, 3.8) is 0 Å². The molecular weight excluding hydrogens is 318 g/mol. The first kappa shape index (κ1) is 24.1. The first-order valence-electron chi connectivity index (χ1n) is 9.47. The molecule has 0 fully saturated rings. The number of carbonyl (C=O) groups excluding carboxylic acids is 2. The molecule has 0 aliphatic carbocycles. The molecule has 0 atom stereocenters. The minimum Gasteiger partial charge on any atom is -0.375 e. The van der Waals surface area contributed by atoms with E-state index in [1.165, 1.54) is 0 Å². The molecule has 0 aliphatic rings. The number of ether oxygens (including phenoxy) is 2. The zero-order valence-electron chi connectivity index (χ0n) is 17.4. The number of ketones is 1. The second-order valence-corrected chi connectivity index (χ2v) is 8.45. The van der Waals surface area contributed by atoms with Crippen LogP contribution in [0.25, 0.3) is 0 Å². The highest BCUT2D eigenvalue weighted by Crippen LogP contribution is 2.19. The lowest BCUT2D eigenvalue weighted by atomic mass is 10.0. The van der Waals surface area contributed by atoms with Crippen LogP contribution in [0.2, 0.25) is 0 Å². The molecule has 0 saturated carbocycles. The van der Waals surface area contributed by atoms with E-state index in [4.69, 9.17) is 9.47 Å². The van der Waals surface area contributed by atoms with Crippen molar-refractivity contribution in [3.05, 3.63) is 0 Å². The van der Waals surface area contributed by atoms with Crippen molar-refractivity contribution in [2.75, 3.05) is 19.8 Å². The molecule has 148 valence electrons. The molecule has 25 heavy (non-hydrogen) atoms. The first-order valence-corrected chi connectivity index (χ1v) is 9.47. The monoisotopic (exact) mass is 357 g/mol. The van der Waals surface area contributed by atoms with Gasteiger partial charge in [0.25, 0.3) is 0 Å². The Morgan fingerprint density at radius 2 is 1.48 bits per heavy atom. The van der Waals surface area contributed by atoms with Crippen molar-refractivity contribution >= 4 is 11.7 Å². The van der Waals surface area contributed by atoms with E-state index in [-0.39, 0.29) is 22.9 Å². The summed E-state index contributed by atoms with van der Waals surface area (Å²) in [4.78, 5) is 22.7. The van der Waals surface area contributed by atoms with E-state index in [0.717, 1.165) is 19.3 Å². The van der Waals surface area contributed by atoms with Crippen molar-refractivity contribution in [1.82, 2.24) is 5.32 Å². The number of hydrogen-bond acceptors (Lipinski definition) is 4. The summed E-state index contributed by atoms with van der Waals surface area (Å²) >= 11 is 0. The lowest BCUT2D eigenvalue weighted by Gasteiger charge is -2.30. The van der Waals surface area contributed by atoms with Crippen LogP contribution in [0, 0.1) is 5.92 Å². The second-order valence-electron chi connectivity index (χ2n) is 8.45. The van der Waals surface area contributed by atoms with E-state index in [9.17, 15) is 9.59 Å². The van der Waals surface area contributed by atoms with E-state index >= 15 is 0 Å². The minimum absolute atomic E-state index is 0.115. The van der Waals surface area contributed by atoms with E-state index in [1.807, 2.05) is 27.7 Å². The molecule has 0 radical (unpaired) electrons. The van der Waals surface area contributed by atoms with Crippen molar-refractivity contribution in [1.29, 1.82) is 0 Å². The molecule has 0 aromatic rings. The Hall–Kier alpha value is -0.940. The Labute approximate surface area is 154 Å². The lowest BCUT2D eigenvalue weighted by Crippen LogP contribution is -2.35. The molecule has 0 heterocycles. The molecule has 1 N–H and O–H groups in total. The largest absolute Gasteiger partial charge is 0.375 e. The highest BCUT2D eigenvalue weighted by Gasteiger charge is 2.23. The van der Waals surface area contributed by atoms with Crippen molar-refractivity contribution < 1.29 is 19.1 Å². The number of rotatable bonds is 14. The van der Waals surface area contributed by atoms with E-state index in [2.05, 4.69) is 19.2 Å². The van der Waals surface area contributed by atoms with Crippen LogP contribution >= 0.6 is 0 Å². The number of Topliss-reactive ketones (excluding diaryl/α,β-unsaturated/α-hetero) is 1. The fourth-order valence-corrected chi connectivity index (χ4v) is 2.20. The van der Waals surface area contributed by atoms with Crippen LogP contribution < -0.4 is 5.32 Å². The van der Waals surface area contributed by atoms with E-state index < -0.39 is 0 Å². The summed E-state index contributed by atoms with van der Waals surface area (Å²) in [5.41, 5.74) is -0.600. The third-order valence-corrected chi connectivity index (χ3v) is 4.14. The molecule has 0 spiro atoms. The van der Waals surface area contributed by atoms with Crippen LogP contribution in [0.1, 0.15) is 80.6 Å². The Balaban J connectivity index is 3.95. The van der Waals surface area contributed by atoms with Gasteiger partial charge in [0.05, 0.1) is 24.4 Å². The van der Waals surface area contributed by atoms with Gasteiger partial charge < -0.3 is 14.8 Å². The molecule has 0 saturated heterocycles. The van der Waals surface area contributed by atoms with Gasteiger partial charge in [0.15, 0.2) is 0 Å². The molecule has 0 rings (SSSR count). The van der Waals surface area contributed by atoms with Gasteiger partial charge in [0, 0.05) is 19.4 Å². The van der Waals surface area contributed by atoms with E-state index in [1.54, 1.807) is 6.92 Å². The topological polar surface area (TPSA) is 64.6 Å². The molecular formula is C20H39NO4. The number of amides is 1. The standard InChI is InChI=1S/C20H39NO4/c1-16(2)8-9-18(23)21-13-11-19(4,5)25-15-12-20(6,7)24-14-10-17(3)22/h16H,8-15H2,1-7H3,(H,21,23). The maximum absolute atomic E-state index is 11.7. The highest BCUT2D eigenvalue weighted by atomic mass is 16.5. The summed E-state index contributed by atoms with van der Waals surface area (Å²) in [6.45, 7) is 15.6. The maximum atomic E-state index is 11.7. The number of hydrogen-bond donors (Lipinski definition) is 1. The van der Waals surface area contributed by atoms with Gasteiger partial charge in [0.2, 0.25) is 5.91 Å². The van der Waals surface area contributed by atoms with Crippen molar-refractivity contribution in [3.8, 4) is 0 Å². The third-order valence-electron chi connectivity index (χ3n) is 4.14. The summed E-state index contributed by atoms with van der Waals surface area (Å²) in [6, 6.07) is 0. The summed E-state index contributed by atoms with van der Waals surface area (Å²) < 4.78 is 11.7. The van der Waals surface area contributed by atoms with Crippen LogP contribution in [-0.2, 0) is 19.1 Å². The van der Waals surface area contributed by atoms with Crippen LogP contribution in [-0.4, -0.2) is 42.7 Å². The van der Waals surface area contributed by atoms with Crippen LogP contribution in [0.15, 0.2) is 0 Å². The average Bonchev–Trinajstić information content (AvgIpc) is 2.43. The summed E-state index contributed by atoms with van der Waals surface area (Å²) in [6.07, 6.45) is 3.49. The first-order chi connectivity index (χ1) is 11.4. The summed E-state index contributed by atoms with van der Waals surface area (Å²) in [7, 11) is 0. The summed E-state index contributed by atoms with van der Waals surface area (Å²) in [5.74, 6) is 0.805. The third kappa shape index (κ3) is 15.1. The lowest BCUT2D eigenvalue weighted by molar-refractivity contribution is -0.121. The molecule has 0 aromatic carbocycles. The zero-order valence-corrected chi connectivity index (χ0v) is 17.4. The minimum atomic E-state index is -0.309.